The zero-order valence-corrected chi connectivity index (χ0v) is 22.3. The summed E-state index contributed by atoms with van der Waals surface area (Å²) in [5, 5.41) is 15.0. The van der Waals surface area contributed by atoms with E-state index in [1.165, 1.54) is 11.8 Å². The number of hydrogen-bond donors (Lipinski definition) is 2. The molecule has 0 unspecified atom stereocenters. The summed E-state index contributed by atoms with van der Waals surface area (Å²) in [5.41, 5.74) is 3.57. The lowest BCUT2D eigenvalue weighted by Crippen LogP contribution is -2.28. The van der Waals surface area contributed by atoms with Crippen molar-refractivity contribution in [3.63, 3.8) is 0 Å². The van der Waals surface area contributed by atoms with Crippen molar-refractivity contribution in [3.05, 3.63) is 68.5 Å². The van der Waals surface area contributed by atoms with Crippen molar-refractivity contribution in [2.45, 2.75) is 44.8 Å². The van der Waals surface area contributed by atoms with Gasteiger partial charge in [0.25, 0.3) is 5.91 Å². The number of nitrogens with zero attached hydrogens (tertiary/aromatic N) is 3. The quantitative estimate of drug-likeness (QED) is 0.288. The number of thioether (sulfide) groups is 1. The van der Waals surface area contributed by atoms with Crippen LogP contribution in [0.1, 0.15) is 60.0 Å². The third-order valence-corrected chi connectivity index (χ3v) is 6.82. The molecule has 0 radical (unpaired) electrons. The molecule has 0 bridgehead atoms. The standard InChI is InChI=1S/C24H28IN5O2S/c1-14(2)19-12-18(25)9-10-20(19)27-21(31)13-33-24-29-28-22(30(24)5)16(4)26-23(32)17-8-6-7-15(3)11-17/h6-12,14,16H,13H2,1-5H3,(H,26,32)(H,27,31)/t16-/m0/s1. The minimum atomic E-state index is -0.334. The number of nitrogens with one attached hydrogen (secondary N) is 2. The summed E-state index contributed by atoms with van der Waals surface area (Å²) in [6, 6.07) is 13.1. The summed E-state index contributed by atoms with van der Waals surface area (Å²) in [6.45, 7) is 8.03. The molecule has 0 saturated carbocycles. The van der Waals surface area contributed by atoms with Gasteiger partial charge in [0.2, 0.25) is 5.91 Å². The normalized spacial score (nSPS) is 12.0. The van der Waals surface area contributed by atoms with E-state index in [4.69, 9.17) is 0 Å². The van der Waals surface area contributed by atoms with Crippen LogP contribution < -0.4 is 10.6 Å². The Bertz CT molecular complexity index is 1160. The van der Waals surface area contributed by atoms with Crippen LogP contribution in [0, 0.1) is 10.5 Å². The first-order chi connectivity index (χ1) is 15.7. The first kappa shape index (κ1) is 25.2. The molecule has 7 nitrogen and oxygen atoms in total. The van der Waals surface area contributed by atoms with Gasteiger partial charge in [-0.3, -0.25) is 9.59 Å². The van der Waals surface area contributed by atoms with Crippen LogP contribution in [-0.4, -0.2) is 32.3 Å². The van der Waals surface area contributed by atoms with Crippen molar-refractivity contribution in [1.82, 2.24) is 20.1 Å². The molecule has 2 N–H and O–H groups in total. The second kappa shape index (κ2) is 11.1. The highest BCUT2D eigenvalue weighted by atomic mass is 127. The van der Waals surface area contributed by atoms with Gasteiger partial charge in [0.1, 0.15) is 0 Å². The maximum Gasteiger partial charge on any atom is 0.251 e. The Hall–Kier alpha value is -2.40. The van der Waals surface area contributed by atoms with E-state index in [2.05, 4.69) is 63.3 Å². The van der Waals surface area contributed by atoms with Gasteiger partial charge in [0.15, 0.2) is 11.0 Å². The van der Waals surface area contributed by atoms with E-state index in [9.17, 15) is 9.59 Å². The smallest absolute Gasteiger partial charge is 0.251 e. The van der Waals surface area contributed by atoms with Crippen molar-refractivity contribution in [2.75, 3.05) is 11.1 Å². The van der Waals surface area contributed by atoms with Gasteiger partial charge in [-0.15, -0.1) is 10.2 Å². The summed E-state index contributed by atoms with van der Waals surface area (Å²) in [7, 11) is 1.83. The lowest BCUT2D eigenvalue weighted by Gasteiger charge is -2.15. The number of hydrogen-bond acceptors (Lipinski definition) is 5. The van der Waals surface area contributed by atoms with Crippen LogP contribution in [0.2, 0.25) is 0 Å². The molecule has 0 aliphatic rings. The minimum Gasteiger partial charge on any atom is -0.342 e. The van der Waals surface area contributed by atoms with Gasteiger partial charge >= 0.3 is 0 Å². The number of rotatable bonds is 8. The SMILES string of the molecule is Cc1cccc(C(=O)N[C@@H](C)c2nnc(SCC(=O)Nc3ccc(I)cc3C(C)C)n2C)c1. The van der Waals surface area contributed by atoms with Gasteiger partial charge < -0.3 is 15.2 Å². The van der Waals surface area contributed by atoms with Crippen LogP contribution in [0.5, 0.6) is 0 Å². The minimum absolute atomic E-state index is 0.103. The van der Waals surface area contributed by atoms with Crippen LogP contribution in [0.4, 0.5) is 5.69 Å². The van der Waals surface area contributed by atoms with Crippen molar-refractivity contribution in [3.8, 4) is 0 Å². The average Bonchev–Trinajstić information content (AvgIpc) is 3.13. The maximum atomic E-state index is 12.6. The van der Waals surface area contributed by atoms with Crippen LogP contribution in [0.15, 0.2) is 47.6 Å². The number of carbonyl (C=O) groups is 2. The molecule has 1 atom stereocenters. The molecule has 33 heavy (non-hydrogen) atoms. The van der Waals surface area contributed by atoms with Gasteiger partial charge in [-0.1, -0.05) is 43.3 Å². The molecule has 2 aromatic carbocycles. The van der Waals surface area contributed by atoms with E-state index in [0.717, 1.165) is 20.4 Å². The fraction of sp³-hybridized carbons (Fsp3) is 0.333. The van der Waals surface area contributed by atoms with Gasteiger partial charge in [-0.25, -0.2) is 0 Å². The maximum absolute atomic E-state index is 12.6. The molecule has 174 valence electrons. The third kappa shape index (κ3) is 6.57. The van der Waals surface area contributed by atoms with E-state index < -0.39 is 0 Å². The Kier molecular flexibility index (Phi) is 8.52. The number of benzene rings is 2. The van der Waals surface area contributed by atoms with Crippen LogP contribution in [0.3, 0.4) is 0 Å². The molecule has 0 aliphatic carbocycles. The van der Waals surface area contributed by atoms with Gasteiger partial charge in [0.05, 0.1) is 11.8 Å². The van der Waals surface area contributed by atoms with E-state index in [0.29, 0.717) is 22.5 Å². The second-order valence-corrected chi connectivity index (χ2v) is 10.4. The molecule has 0 spiro atoms. The molecule has 9 heteroatoms. The number of aryl methyl sites for hydroxylation is 1. The van der Waals surface area contributed by atoms with Crippen molar-refractivity contribution < 1.29 is 9.59 Å². The number of aromatic nitrogens is 3. The molecule has 3 aromatic rings. The molecular weight excluding hydrogens is 549 g/mol. The van der Waals surface area contributed by atoms with Crippen LogP contribution in [0.25, 0.3) is 0 Å². The monoisotopic (exact) mass is 577 g/mol. The number of amides is 2. The fourth-order valence-corrected chi connectivity index (χ4v) is 4.63. The topological polar surface area (TPSA) is 88.9 Å². The van der Waals surface area contributed by atoms with Crippen LogP contribution >= 0.6 is 34.4 Å². The van der Waals surface area contributed by atoms with Crippen molar-refractivity contribution >= 4 is 51.9 Å². The predicted octanol–water partition coefficient (Wildman–Crippen LogP) is 5.07. The summed E-state index contributed by atoms with van der Waals surface area (Å²) in [4.78, 5) is 25.1. The Morgan fingerprint density at radius 3 is 2.58 bits per heavy atom. The fourth-order valence-electron chi connectivity index (χ4n) is 3.40. The number of carbonyl (C=O) groups excluding carboxylic acids is 2. The third-order valence-electron chi connectivity index (χ3n) is 5.13. The Labute approximate surface area is 212 Å². The second-order valence-electron chi connectivity index (χ2n) is 8.19. The number of halogens is 1. The predicted molar refractivity (Wildman–Crippen MR) is 141 cm³/mol. The molecule has 0 fully saturated rings. The summed E-state index contributed by atoms with van der Waals surface area (Å²) < 4.78 is 2.95. The highest BCUT2D eigenvalue weighted by Crippen LogP contribution is 2.27. The van der Waals surface area contributed by atoms with Crippen molar-refractivity contribution in [1.29, 1.82) is 0 Å². The van der Waals surface area contributed by atoms with Gasteiger partial charge in [0, 0.05) is 21.9 Å². The molecule has 0 aliphatic heterocycles. The van der Waals surface area contributed by atoms with E-state index in [-0.39, 0.29) is 23.6 Å². The summed E-state index contributed by atoms with van der Waals surface area (Å²) >= 11 is 3.59. The largest absolute Gasteiger partial charge is 0.342 e. The zero-order chi connectivity index (χ0) is 24.1. The lowest BCUT2D eigenvalue weighted by atomic mass is 10.0. The highest BCUT2D eigenvalue weighted by Gasteiger charge is 2.19. The molecule has 1 heterocycles. The summed E-state index contributed by atoms with van der Waals surface area (Å²) in [5.74, 6) is 0.869. The Morgan fingerprint density at radius 1 is 1.12 bits per heavy atom. The first-order valence-corrected chi connectivity index (χ1v) is 12.7. The molecular formula is C24H28IN5O2S. The molecule has 2 amide bonds. The Morgan fingerprint density at radius 2 is 1.88 bits per heavy atom. The molecule has 3 rings (SSSR count). The molecule has 1 aromatic heterocycles. The zero-order valence-electron chi connectivity index (χ0n) is 19.3. The molecule has 0 saturated heterocycles. The van der Waals surface area contributed by atoms with E-state index >= 15 is 0 Å². The van der Waals surface area contributed by atoms with Gasteiger partial charge in [-0.2, -0.15) is 0 Å². The van der Waals surface area contributed by atoms with Gasteiger partial charge in [-0.05, 0) is 78.3 Å². The Balaban J connectivity index is 1.61. The first-order valence-electron chi connectivity index (χ1n) is 10.6. The highest BCUT2D eigenvalue weighted by molar-refractivity contribution is 14.1. The summed E-state index contributed by atoms with van der Waals surface area (Å²) in [6.07, 6.45) is 0. The van der Waals surface area contributed by atoms with E-state index in [1.54, 1.807) is 6.07 Å². The lowest BCUT2D eigenvalue weighted by molar-refractivity contribution is -0.113. The van der Waals surface area contributed by atoms with Crippen molar-refractivity contribution in [2.24, 2.45) is 7.05 Å². The average molecular weight is 577 g/mol. The van der Waals surface area contributed by atoms with Crippen LogP contribution in [-0.2, 0) is 11.8 Å². The number of anilines is 1. The van der Waals surface area contributed by atoms with E-state index in [1.807, 2.05) is 55.8 Å².